The molecule has 14 heterocycles. The van der Waals surface area contributed by atoms with E-state index in [4.69, 9.17) is 28.7 Å². The largest absolute Gasteiger partial charge is 0.396 e. The van der Waals surface area contributed by atoms with Gasteiger partial charge in [-0.25, -0.2) is 0 Å². The van der Waals surface area contributed by atoms with E-state index in [1.807, 2.05) is 63.0 Å². The van der Waals surface area contributed by atoms with Crippen molar-refractivity contribution in [2.45, 2.75) is 88.1 Å². The first kappa shape index (κ1) is 59.1. The number of nitrogen functional groups attached to an aromatic ring is 5. The third-order valence-electron chi connectivity index (χ3n) is 18.4. The van der Waals surface area contributed by atoms with Crippen LogP contribution in [-0.2, 0) is 0 Å². The lowest BCUT2D eigenvalue weighted by Crippen LogP contribution is -2.60. The molecule has 11 N–H and O–H groups in total. The summed E-state index contributed by atoms with van der Waals surface area (Å²) in [5.74, 6) is 0. The van der Waals surface area contributed by atoms with Gasteiger partial charge in [-0.1, -0.05) is 0 Å². The number of likely N-dealkylation sites (N-methyl/N-ethyl adjacent to an activating group) is 2. The van der Waals surface area contributed by atoms with Gasteiger partial charge in [0.05, 0.1) is 94.0 Å². The Morgan fingerprint density at radius 2 is 0.877 bits per heavy atom. The summed E-state index contributed by atoms with van der Waals surface area (Å²) in [6.45, 7) is 22.1. The number of aliphatic hydroxyl groups excluding tert-OH is 1. The number of fused-ring (bicyclic) bond motifs is 6. The second kappa shape index (κ2) is 28.0. The highest BCUT2D eigenvalue weighted by Crippen LogP contribution is 2.34. The van der Waals surface area contributed by atoms with Crippen molar-refractivity contribution in [1.82, 2.24) is 49.4 Å². The molecule has 0 aliphatic carbocycles. The number of piperidine rings is 2. The van der Waals surface area contributed by atoms with E-state index < -0.39 is 6.10 Å². The summed E-state index contributed by atoms with van der Waals surface area (Å²) in [6, 6.07) is 12.1. The first-order valence-corrected chi connectivity index (χ1v) is 29.7. The van der Waals surface area contributed by atoms with E-state index in [1.165, 1.54) is 96.4 Å². The lowest BCUT2D eigenvalue weighted by atomic mass is 9.85. The normalized spacial score (nSPS) is 25.8. The second-order valence-electron chi connectivity index (χ2n) is 23.6. The van der Waals surface area contributed by atoms with Crippen molar-refractivity contribution in [3.8, 4) is 0 Å². The molecule has 0 saturated carbocycles. The Balaban J connectivity index is 0.000000122. The summed E-state index contributed by atoms with van der Waals surface area (Å²) in [7, 11) is 6.19. The average Bonchev–Trinajstić information content (AvgIpc) is 4.11. The number of aromatic nitrogens is 5. The molecular weight excluding hydrogens is 1020 g/mol. The summed E-state index contributed by atoms with van der Waals surface area (Å²) in [5, 5.41) is 10.4. The maximum Gasteiger partial charge on any atom is 0.0896 e. The van der Waals surface area contributed by atoms with Gasteiger partial charge in [0.2, 0.25) is 0 Å². The number of hydrogen-bond acceptors (Lipinski definition) is 21. The number of β-amino-alcohol motifs (C(OH)–C–C–N with tert-alkyl or cyclic N) is 1. The van der Waals surface area contributed by atoms with Crippen molar-refractivity contribution in [3.63, 3.8) is 0 Å². The zero-order valence-corrected chi connectivity index (χ0v) is 48.9. The molecule has 0 amide bonds. The molecule has 440 valence electrons. The van der Waals surface area contributed by atoms with Crippen LogP contribution in [0.25, 0.3) is 0 Å². The van der Waals surface area contributed by atoms with Gasteiger partial charge in [0.15, 0.2) is 0 Å². The molecule has 21 heteroatoms. The number of rotatable bonds is 6. The molecule has 5 aromatic heterocycles. The summed E-state index contributed by atoms with van der Waals surface area (Å²) < 4.78 is 0. The number of hydrogen-bond donors (Lipinski definition) is 6. The summed E-state index contributed by atoms with van der Waals surface area (Å²) in [6.07, 6.45) is 27.3. The molecule has 9 aliphatic rings. The Kier molecular flexibility index (Phi) is 20.4. The number of nitrogens with two attached hydrogens (primary N) is 5. The molecule has 9 aliphatic heterocycles. The van der Waals surface area contributed by atoms with Crippen molar-refractivity contribution < 1.29 is 5.11 Å². The third kappa shape index (κ3) is 15.0. The zero-order chi connectivity index (χ0) is 56.9. The van der Waals surface area contributed by atoms with Crippen LogP contribution in [0.4, 0.5) is 56.9 Å². The van der Waals surface area contributed by atoms with Gasteiger partial charge >= 0.3 is 0 Å². The molecule has 21 nitrogen and oxygen atoms in total. The minimum absolute atomic E-state index is 0.168. The van der Waals surface area contributed by atoms with E-state index >= 15 is 0 Å². The van der Waals surface area contributed by atoms with Crippen LogP contribution in [-0.4, -0.2) is 223 Å². The molecule has 9 fully saturated rings. The van der Waals surface area contributed by atoms with Crippen LogP contribution in [0.3, 0.4) is 0 Å². The average molecular weight is 1110 g/mol. The highest BCUT2D eigenvalue weighted by molar-refractivity contribution is 5.69. The standard InChI is InChI=1S/C13H22N4O.3C12H18N4.C11H18N4/c1-13(16(2)3)5-7-17(9-12(13)18)11-4-6-15-8-10(11)14;13-11-9-14-4-1-12(11)16-8-7-15-5-2-10(16)3-6-15;2*13-11-8-14-4-3-12(11)16-7-6-15-5-1-2-10(15)9-16;1-14-5-2-6-15(8-7-14)11-3-4-13-9-10(11)12/h4,6,8,12,18H,5,7,9,14H2,1-3H3;1,4,9-10H,2-3,5-8,13H2;2*3-4,8,10H,1-2,5-7,9,13H2;3-4,9H,2,5-8,12H2,1H3/t12-,13-;;2*10-;/m1.10./s1. The summed E-state index contributed by atoms with van der Waals surface area (Å²) in [5.41, 5.74) is 39.1. The van der Waals surface area contributed by atoms with Crippen LogP contribution in [0.2, 0.25) is 0 Å². The van der Waals surface area contributed by atoms with Crippen molar-refractivity contribution in [2.75, 3.05) is 192 Å². The van der Waals surface area contributed by atoms with Gasteiger partial charge in [-0.15, -0.1) is 0 Å². The lowest BCUT2D eigenvalue weighted by molar-refractivity contribution is -0.00765. The minimum atomic E-state index is -0.395. The van der Waals surface area contributed by atoms with E-state index in [9.17, 15) is 5.11 Å². The predicted molar refractivity (Wildman–Crippen MR) is 333 cm³/mol. The van der Waals surface area contributed by atoms with Gasteiger partial charge in [0, 0.05) is 153 Å². The molecule has 2 bridgehead atoms. The van der Waals surface area contributed by atoms with Gasteiger partial charge in [-0.3, -0.25) is 34.7 Å². The number of pyridine rings is 5. The maximum atomic E-state index is 10.4. The highest BCUT2D eigenvalue weighted by atomic mass is 16.3. The Labute approximate surface area is 482 Å². The number of anilines is 10. The molecule has 0 spiro atoms. The van der Waals surface area contributed by atoms with Crippen LogP contribution in [0.5, 0.6) is 0 Å². The van der Waals surface area contributed by atoms with E-state index in [0.29, 0.717) is 18.3 Å². The van der Waals surface area contributed by atoms with Gasteiger partial charge < -0.3 is 73.0 Å². The van der Waals surface area contributed by atoms with E-state index in [-0.39, 0.29) is 5.54 Å². The smallest absolute Gasteiger partial charge is 0.0896 e. The Morgan fingerprint density at radius 1 is 0.444 bits per heavy atom. The molecule has 9 saturated heterocycles. The first-order chi connectivity index (χ1) is 39.2. The van der Waals surface area contributed by atoms with Gasteiger partial charge in [0.25, 0.3) is 0 Å². The fourth-order valence-electron chi connectivity index (χ4n) is 13.1. The first-order valence-electron chi connectivity index (χ1n) is 29.7. The number of piperazine rings is 2. The van der Waals surface area contributed by atoms with Crippen molar-refractivity contribution in [2.24, 2.45) is 0 Å². The fourth-order valence-corrected chi connectivity index (χ4v) is 13.1. The van der Waals surface area contributed by atoms with Crippen molar-refractivity contribution in [1.29, 1.82) is 0 Å². The monoisotopic (exact) mass is 1110 g/mol. The minimum Gasteiger partial charge on any atom is -0.396 e. The van der Waals surface area contributed by atoms with Gasteiger partial charge in [-0.05, 0) is 129 Å². The molecule has 0 radical (unpaired) electrons. The second-order valence-corrected chi connectivity index (χ2v) is 23.6. The molecular formula is C60H94N20O. The highest BCUT2D eigenvalue weighted by Gasteiger charge is 2.40. The molecule has 81 heavy (non-hydrogen) atoms. The molecule has 0 aromatic carbocycles. The molecule has 14 rings (SSSR count). The quantitative estimate of drug-likeness (QED) is 0.139. The summed E-state index contributed by atoms with van der Waals surface area (Å²) >= 11 is 0. The summed E-state index contributed by atoms with van der Waals surface area (Å²) in [4.78, 5) is 44.1. The van der Waals surface area contributed by atoms with Crippen LogP contribution >= 0.6 is 0 Å². The maximum absolute atomic E-state index is 10.4. The Hall–Kier alpha value is -6.49. The zero-order valence-electron chi connectivity index (χ0n) is 48.9. The SMILES string of the molecule is CN(C)[C@]1(C)CCN(c2ccncc2N)C[C@H]1O.CN1CCCN(c2ccncc2N)CC1.Nc1cnccc1N1CCN2CCC1CC2.Nc1cnccc1N1CCN2CCC[C@@H]2C1.Nc1cnccc1N1CCN2CCC[C@H]2C1. The van der Waals surface area contributed by atoms with E-state index in [2.05, 4.69) is 87.9 Å². The van der Waals surface area contributed by atoms with Gasteiger partial charge in [0.1, 0.15) is 0 Å². The molecule has 5 aromatic rings. The Morgan fingerprint density at radius 3 is 1.32 bits per heavy atom. The predicted octanol–water partition coefficient (Wildman–Crippen LogP) is 4.21. The van der Waals surface area contributed by atoms with Gasteiger partial charge in [-0.2, -0.15) is 0 Å². The third-order valence-corrected chi connectivity index (χ3v) is 18.4. The number of aliphatic hydroxyl groups is 1. The topological polar surface area (TPSA) is 247 Å². The van der Waals surface area contributed by atoms with E-state index in [0.717, 1.165) is 129 Å². The number of nitrogens with zero attached hydrogens (tertiary/aromatic N) is 15. The van der Waals surface area contributed by atoms with E-state index in [1.54, 1.807) is 43.4 Å². The van der Waals surface area contributed by atoms with Crippen molar-refractivity contribution >= 4 is 56.9 Å². The van der Waals surface area contributed by atoms with Crippen LogP contribution < -0.4 is 53.2 Å². The van der Waals surface area contributed by atoms with Crippen LogP contribution in [0, 0.1) is 0 Å². The Bertz CT molecular complexity index is 2650. The van der Waals surface area contributed by atoms with Crippen LogP contribution in [0.1, 0.15) is 58.3 Å². The van der Waals surface area contributed by atoms with Crippen LogP contribution in [0.15, 0.2) is 92.3 Å². The van der Waals surface area contributed by atoms with Crippen molar-refractivity contribution in [3.05, 3.63) is 92.3 Å². The lowest BCUT2D eigenvalue weighted by Gasteiger charge is -2.48. The molecule has 4 atom stereocenters. The fraction of sp³-hybridized carbons (Fsp3) is 0.583. The molecule has 0 unspecified atom stereocenters.